The summed E-state index contributed by atoms with van der Waals surface area (Å²) in [5.74, 6) is -0.466. The van der Waals surface area contributed by atoms with Crippen LogP contribution in [0.1, 0.15) is 6.92 Å². The van der Waals surface area contributed by atoms with Crippen molar-refractivity contribution < 1.29 is 13.9 Å². The Labute approximate surface area is 179 Å². The Morgan fingerprint density at radius 2 is 1.87 bits per heavy atom. The van der Waals surface area contributed by atoms with Crippen LogP contribution in [0.4, 0.5) is 33.1 Å². The molecular formula is C22H23FN6O2. The first kappa shape index (κ1) is 20.5. The van der Waals surface area contributed by atoms with E-state index in [0.717, 1.165) is 25.0 Å². The molecule has 0 bridgehead atoms. The van der Waals surface area contributed by atoms with Crippen molar-refractivity contribution in [2.75, 3.05) is 47.6 Å². The molecule has 0 spiro atoms. The Bertz CT molecular complexity index is 1080. The predicted molar refractivity (Wildman–Crippen MR) is 119 cm³/mol. The van der Waals surface area contributed by atoms with Crippen LogP contribution in [-0.4, -0.2) is 42.2 Å². The quantitative estimate of drug-likeness (QED) is 0.541. The number of carbonyl (C=O) groups is 1. The first-order chi connectivity index (χ1) is 15.0. The number of nitrogens with zero attached hydrogens (tertiary/aromatic N) is 3. The normalized spacial score (nSPS) is 13.7. The molecule has 1 aliphatic rings. The Kier molecular flexibility index (Phi) is 5.94. The highest BCUT2D eigenvalue weighted by Gasteiger charge is 2.14. The summed E-state index contributed by atoms with van der Waals surface area (Å²) in [4.78, 5) is 21.8. The van der Waals surface area contributed by atoms with E-state index >= 15 is 0 Å². The maximum atomic E-state index is 14.4. The minimum Gasteiger partial charge on any atom is -0.399 e. The summed E-state index contributed by atoms with van der Waals surface area (Å²) in [6.07, 6.45) is 1.13. The largest absolute Gasteiger partial charge is 0.399 e. The number of amides is 1. The van der Waals surface area contributed by atoms with Crippen LogP contribution in [0.15, 0.2) is 48.7 Å². The van der Waals surface area contributed by atoms with Crippen LogP contribution in [0, 0.1) is 5.82 Å². The second kappa shape index (κ2) is 8.97. The van der Waals surface area contributed by atoms with Crippen molar-refractivity contribution in [3.63, 3.8) is 0 Å². The lowest BCUT2D eigenvalue weighted by Gasteiger charge is -2.29. The molecule has 1 aliphatic heterocycles. The van der Waals surface area contributed by atoms with Crippen molar-refractivity contribution in [2.24, 2.45) is 0 Å². The van der Waals surface area contributed by atoms with Crippen LogP contribution in [0.25, 0.3) is 11.3 Å². The number of halogens is 1. The van der Waals surface area contributed by atoms with Crippen molar-refractivity contribution in [1.82, 2.24) is 9.97 Å². The van der Waals surface area contributed by atoms with E-state index < -0.39 is 5.82 Å². The number of benzene rings is 2. The van der Waals surface area contributed by atoms with Gasteiger partial charge in [0.1, 0.15) is 5.69 Å². The van der Waals surface area contributed by atoms with E-state index in [0.29, 0.717) is 35.8 Å². The third-order valence-electron chi connectivity index (χ3n) is 4.80. The van der Waals surface area contributed by atoms with Gasteiger partial charge in [-0.05, 0) is 30.3 Å². The first-order valence-corrected chi connectivity index (χ1v) is 9.89. The number of rotatable bonds is 5. The number of morpholine rings is 1. The average molecular weight is 422 g/mol. The van der Waals surface area contributed by atoms with Gasteiger partial charge in [-0.3, -0.25) is 4.79 Å². The fourth-order valence-electron chi connectivity index (χ4n) is 3.38. The number of hydrogen-bond donors (Lipinski definition) is 3. The van der Waals surface area contributed by atoms with E-state index in [4.69, 9.17) is 10.5 Å². The molecule has 4 rings (SSSR count). The molecule has 9 heteroatoms. The average Bonchev–Trinajstić information content (AvgIpc) is 2.76. The Hall–Kier alpha value is -3.72. The molecule has 0 saturated carbocycles. The monoisotopic (exact) mass is 422 g/mol. The molecule has 0 atom stereocenters. The number of ether oxygens (including phenoxy) is 1. The van der Waals surface area contributed by atoms with E-state index in [1.165, 1.54) is 6.92 Å². The minimum absolute atomic E-state index is 0.157. The number of carbonyl (C=O) groups excluding carboxylic acids is 1. The molecule has 31 heavy (non-hydrogen) atoms. The summed E-state index contributed by atoms with van der Waals surface area (Å²) in [6, 6.07) is 12.4. The summed E-state index contributed by atoms with van der Waals surface area (Å²) in [5.41, 5.74) is 9.72. The molecular weight excluding hydrogens is 399 g/mol. The standard InChI is InChI=1S/C22H23FN6O2/c1-14(30)26-17-4-2-15(3-5-17)21-20(23)13-25-22(28-21)27-18-10-16(24)11-19(12-18)29-6-8-31-9-7-29/h2-5,10-13H,6-9,24H2,1H3,(H,26,30)(H,25,27,28). The fourth-order valence-corrected chi connectivity index (χ4v) is 3.38. The van der Waals surface area contributed by atoms with Gasteiger partial charge in [0, 0.05) is 48.3 Å². The molecule has 0 radical (unpaired) electrons. The van der Waals surface area contributed by atoms with Crippen molar-refractivity contribution in [1.29, 1.82) is 0 Å². The fraction of sp³-hybridized carbons (Fsp3) is 0.227. The molecule has 0 aliphatic carbocycles. The molecule has 1 fully saturated rings. The van der Waals surface area contributed by atoms with Crippen LogP contribution in [0.5, 0.6) is 0 Å². The van der Waals surface area contributed by atoms with Gasteiger partial charge < -0.3 is 26.0 Å². The first-order valence-electron chi connectivity index (χ1n) is 9.89. The van der Waals surface area contributed by atoms with E-state index in [-0.39, 0.29) is 17.5 Å². The van der Waals surface area contributed by atoms with Gasteiger partial charge >= 0.3 is 0 Å². The lowest BCUT2D eigenvalue weighted by molar-refractivity contribution is -0.114. The molecule has 2 heterocycles. The highest BCUT2D eigenvalue weighted by Crippen LogP contribution is 2.28. The van der Waals surface area contributed by atoms with Crippen molar-refractivity contribution in [3.05, 3.63) is 54.5 Å². The van der Waals surface area contributed by atoms with Gasteiger partial charge in [-0.2, -0.15) is 0 Å². The van der Waals surface area contributed by atoms with Gasteiger partial charge in [-0.1, -0.05) is 12.1 Å². The van der Waals surface area contributed by atoms with Gasteiger partial charge in [0.15, 0.2) is 5.82 Å². The zero-order valence-corrected chi connectivity index (χ0v) is 17.1. The second-order valence-corrected chi connectivity index (χ2v) is 7.19. The summed E-state index contributed by atoms with van der Waals surface area (Å²) < 4.78 is 19.8. The molecule has 2 aromatic carbocycles. The highest BCUT2D eigenvalue weighted by atomic mass is 19.1. The topological polar surface area (TPSA) is 105 Å². The van der Waals surface area contributed by atoms with Gasteiger partial charge in [0.2, 0.25) is 11.9 Å². The summed E-state index contributed by atoms with van der Waals surface area (Å²) in [6.45, 7) is 4.34. The Balaban J connectivity index is 1.57. The predicted octanol–water partition coefficient (Wildman–Crippen LogP) is 3.40. The van der Waals surface area contributed by atoms with E-state index in [1.54, 1.807) is 30.3 Å². The van der Waals surface area contributed by atoms with Gasteiger partial charge in [0.25, 0.3) is 0 Å². The molecule has 1 saturated heterocycles. The lowest BCUT2D eigenvalue weighted by atomic mass is 10.1. The smallest absolute Gasteiger partial charge is 0.227 e. The summed E-state index contributed by atoms with van der Waals surface area (Å²) in [5, 5.41) is 5.79. The molecule has 4 N–H and O–H groups in total. The number of hydrogen-bond acceptors (Lipinski definition) is 7. The van der Waals surface area contributed by atoms with E-state index in [2.05, 4.69) is 25.5 Å². The molecule has 0 unspecified atom stereocenters. The zero-order valence-electron chi connectivity index (χ0n) is 17.1. The number of nitrogens with one attached hydrogen (secondary N) is 2. The third-order valence-corrected chi connectivity index (χ3v) is 4.80. The SMILES string of the molecule is CC(=O)Nc1ccc(-c2nc(Nc3cc(N)cc(N4CCOCC4)c3)ncc2F)cc1. The molecule has 3 aromatic rings. The van der Waals surface area contributed by atoms with Crippen molar-refractivity contribution in [3.8, 4) is 11.3 Å². The van der Waals surface area contributed by atoms with E-state index in [9.17, 15) is 9.18 Å². The van der Waals surface area contributed by atoms with Gasteiger partial charge in [-0.25, -0.2) is 14.4 Å². The van der Waals surface area contributed by atoms with Crippen LogP contribution < -0.4 is 21.3 Å². The highest BCUT2D eigenvalue weighted by molar-refractivity contribution is 5.89. The van der Waals surface area contributed by atoms with Gasteiger partial charge in [-0.15, -0.1) is 0 Å². The number of nitrogens with two attached hydrogens (primary N) is 1. The second-order valence-electron chi connectivity index (χ2n) is 7.19. The zero-order chi connectivity index (χ0) is 21.8. The van der Waals surface area contributed by atoms with Crippen LogP contribution in [-0.2, 0) is 9.53 Å². The Morgan fingerprint density at radius 3 is 2.58 bits per heavy atom. The summed E-state index contributed by atoms with van der Waals surface area (Å²) >= 11 is 0. The molecule has 1 aromatic heterocycles. The van der Waals surface area contributed by atoms with Crippen LogP contribution >= 0.6 is 0 Å². The Morgan fingerprint density at radius 1 is 1.13 bits per heavy atom. The van der Waals surface area contributed by atoms with Crippen LogP contribution in [0.3, 0.4) is 0 Å². The van der Waals surface area contributed by atoms with Gasteiger partial charge in [0.05, 0.1) is 19.4 Å². The number of aromatic nitrogens is 2. The summed E-state index contributed by atoms with van der Waals surface area (Å²) in [7, 11) is 0. The van der Waals surface area contributed by atoms with Crippen molar-refractivity contribution in [2.45, 2.75) is 6.92 Å². The maximum absolute atomic E-state index is 14.4. The molecule has 1 amide bonds. The maximum Gasteiger partial charge on any atom is 0.227 e. The molecule has 8 nitrogen and oxygen atoms in total. The number of anilines is 5. The van der Waals surface area contributed by atoms with Crippen LogP contribution in [0.2, 0.25) is 0 Å². The third kappa shape index (κ3) is 5.07. The van der Waals surface area contributed by atoms with E-state index in [1.807, 2.05) is 12.1 Å². The number of nitrogen functional groups attached to an aromatic ring is 1. The molecule has 160 valence electrons. The lowest BCUT2D eigenvalue weighted by Crippen LogP contribution is -2.36. The minimum atomic E-state index is -0.542. The van der Waals surface area contributed by atoms with Crippen molar-refractivity contribution >= 4 is 34.6 Å².